The fourth-order valence-corrected chi connectivity index (χ4v) is 2.51. The monoisotopic (exact) mass is 294 g/mol. The average Bonchev–Trinajstić information content (AvgIpc) is 2.49. The number of amides is 1. The Morgan fingerprint density at radius 3 is 2.70 bits per heavy atom. The maximum absolute atomic E-state index is 12.0. The minimum atomic E-state index is -0.290. The van der Waals surface area contributed by atoms with Crippen molar-refractivity contribution in [2.75, 3.05) is 39.4 Å². The summed E-state index contributed by atoms with van der Waals surface area (Å²) in [6, 6.07) is 9.96. The van der Waals surface area contributed by atoms with Gasteiger partial charge in [-0.05, 0) is 12.0 Å². The van der Waals surface area contributed by atoms with Crippen molar-refractivity contribution < 1.29 is 9.53 Å². The zero-order valence-corrected chi connectivity index (χ0v) is 12.5. The highest BCUT2D eigenvalue weighted by Gasteiger charge is 2.15. The summed E-state index contributed by atoms with van der Waals surface area (Å²) >= 11 is 4.39. The Kier molecular flexibility index (Phi) is 6.36. The Bertz CT molecular complexity index is 408. The molecule has 0 spiro atoms. The minimum absolute atomic E-state index is 0.00504. The topological polar surface area (TPSA) is 41.6 Å². The lowest BCUT2D eigenvalue weighted by atomic mass is 10.1. The molecule has 0 saturated carbocycles. The van der Waals surface area contributed by atoms with E-state index in [0.717, 1.165) is 38.4 Å². The summed E-state index contributed by atoms with van der Waals surface area (Å²) in [6.07, 6.45) is 0.660. The number of nitrogens with one attached hydrogen (secondary N) is 1. The molecule has 2 rings (SSSR count). The quantitative estimate of drug-likeness (QED) is 0.769. The van der Waals surface area contributed by atoms with Gasteiger partial charge < -0.3 is 10.1 Å². The van der Waals surface area contributed by atoms with Crippen LogP contribution in [0.3, 0.4) is 0 Å². The van der Waals surface area contributed by atoms with Gasteiger partial charge in [0.05, 0.1) is 18.5 Å². The first-order valence-electron chi connectivity index (χ1n) is 7.05. The lowest BCUT2D eigenvalue weighted by Crippen LogP contribution is -2.42. The van der Waals surface area contributed by atoms with Crippen molar-refractivity contribution >= 4 is 18.5 Å². The maximum atomic E-state index is 12.0. The molecule has 5 heteroatoms. The third-order valence-electron chi connectivity index (χ3n) is 3.41. The van der Waals surface area contributed by atoms with E-state index in [1.165, 1.54) is 0 Å². The Hall–Kier alpha value is -1.04. The van der Waals surface area contributed by atoms with Crippen molar-refractivity contribution in [2.45, 2.75) is 11.7 Å². The van der Waals surface area contributed by atoms with Gasteiger partial charge in [-0.3, -0.25) is 9.69 Å². The molecule has 1 amide bonds. The van der Waals surface area contributed by atoms with E-state index >= 15 is 0 Å². The molecule has 1 N–H and O–H groups in total. The Morgan fingerprint density at radius 2 is 2.00 bits per heavy atom. The molecule has 1 aromatic rings. The van der Waals surface area contributed by atoms with Crippen LogP contribution in [0.4, 0.5) is 0 Å². The van der Waals surface area contributed by atoms with E-state index in [2.05, 4.69) is 22.8 Å². The third kappa shape index (κ3) is 5.15. The molecule has 1 aliphatic rings. The smallest absolute Gasteiger partial charge is 0.233 e. The van der Waals surface area contributed by atoms with E-state index in [0.29, 0.717) is 13.0 Å². The van der Waals surface area contributed by atoms with E-state index in [-0.39, 0.29) is 11.2 Å². The average molecular weight is 294 g/mol. The fourth-order valence-electron chi connectivity index (χ4n) is 2.21. The number of rotatable bonds is 6. The summed E-state index contributed by atoms with van der Waals surface area (Å²) in [7, 11) is 0. The molecule has 1 aromatic carbocycles. The lowest BCUT2D eigenvalue weighted by molar-refractivity contribution is -0.120. The van der Waals surface area contributed by atoms with Crippen LogP contribution in [0.25, 0.3) is 0 Å². The number of hydrogen-bond donors (Lipinski definition) is 2. The maximum Gasteiger partial charge on any atom is 0.233 e. The van der Waals surface area contributed by atoms with E-state index in [1.54, 1.807) is 0 Å². The van der Waals surface area contributed by atoms with Crippen molar-refractivity contribution in [1.82, 2.24) is 10.2 Å². The zero-order valence-electron chi connectivity index (χ0n) is 11.6. The molecule has 1 atom stereocenters. The van der Waals surface area contributed by atoms with E-state index in [4.69, 9.17) is 4.74 Å². The van der Waals surface area contributed by atoms with E-state index in [1.807, 2.05) is 30.3 Å². The standard InChI is InChI=1S/C15H22N2O2S/c18-15(14(20)12-13-4-2-1-3-5-13)16-6-7-17-8-10-19-11-9-17/h1-5,14,20H,6-12H2,(H,16,18). The highest BCUT2D eigenvalue weighted by molar-refractivity contribution is 7.81. The first-order chi connectivity index (χ1) is 9.75. The Labute approximate surface area is 125 Å². The summed E-state index contributed by atoms with van der Waals surface area (Å²) in [4.78, 5) is 14.3. The van der Waals surface area contributed by atoms with Crippen LogP contribution in [0.1, 0.15) is 5.56 Å². The molecule has 1 fully saturated rings. The first kappa shape index (κ1) is 15.4. The van der Waals surface area contributed by atoms with E-state index in [9.17, 15) is 4.79 Å². The number of carbonyl (C=O) groups excluding carboxylic acids is 1. The molecule has 1 heterocycles. The van der Waals surface area contributed by atoms with Crippen molar-refractivity contribution in [2.24, 2.45) is 0 Å². The molecule has 0 aliphatic carbocycles. The van der Waals surface area contributed by atoms with Gasteiger partial charge in [0.2, 0.25) is 5.91 Å². The highest BCUT2D eigenvalue weighted by atomic mass is 32.1. The molecule has 1 unspecified atom stereocenters. The molecular formula is C15H22N2O2S. The molecular weight excluding hydrogens is 272 g/mol. The van der Waals surface area contributed by atoms with Crippen molar-refractivity contribution in [3.05, 3.63) is 35.9 Å². The summed E-state index contributed by atoms with van der Waals surface area (Å²) < 4.78 is 5.29. The third-order valence-corrected chi connectivity index (χ3v) is 3.82. The Morgan fingerprint density at radius 1 is 1.30 bits per heavy atom. The number of hydrogen-bond acceptors (Lipinski definition) is 4. The number of ether oxygens (including phenoxy) is 1. The van der Waals surface area contributed by atoms with Crippen LogP contribution < -0.4 is 5.32 Å². The van der Waals surface area contributed by atoms with Gasteiger partial charge in [0.1, 0.15) is 0 Å². The van der Waals surface area contributed by atoms with Gasteiger partial charge in [-0.25, -0.2) is 0 Å². The van der Waals surface area contributed by atoms with Crippen LogP contribution in [0.15, 0.2) is 30.3 Å². The number of benzene rings is 1. The largest absolute Gasteiger partial charge is 0.379 e. The van der Waals surface area contributed by atoms with Gasteiger partial charge >= 0.3 is 0 Å². The molecule has 20 heavy (non-hydrogen) atoms. The minimum Gasteiger partial charge on any atom is -0.379 e. The van der Waals surface area contributed by atoms with Gasteiger partial charge in [-0.2, -0.15) is 12.6 Å². The van der Waals surface area contributed by atoms with E-state index < -0.39 is 0 Å². The molecule has 1 saturated heterocycles. The molecule has 0 bridgehead atoms. The molecule has 0 radical (unpaired) electrons. The van der Waals surface area contributed by atoms with Gasteiger partial charge in [-0.15, -0.1) is 0 Å². The predicted molar refractivity (Wildman–Crippen MR) is 83.2 cm³/mol. The predicted octanol–water partition coefficient (Wildman–Crippen LogP) is 0.976. The van der Waals surface area contributed by atoms with Crippen molar-refractivity contribution in [3.8, 4) is 0 Å². The molecule has 4 nitrogen and oxygen atoms in total. The number of thiol groups is 1. The summed E-state index contributed by atoms with van der Waals surface area (Å²) in [5.41, 5.74) is 1.14. The summed E-state index contributed by atoms with van der Waals surface area (Å²) in [6.45, 7) is 5.02. The van der Waals surface area contributed by atoms with Crippen molar-refractivity contribution in [1.29, 1.82) is 0 Å². The lowest BCUT2D eigenvalue weighted by Gasteiger charge is -2.26. The number of nitrogens with zero attached hydrogens (tertiary/aromatic N) is 1. The van der Waals surface area contributed by atoms with Crippen LogP contribution in [0, 0.1) is 0 Å². The number of morpholine rings is 1. The van der Waals surface area contributed by atoms with Crippen LogP contribution in [-0.2, 0) is 16.0 Å². The molecule has 0 aromatic heterocycles. The van der Waals surface area contributed by atoms with Crippen LogP contribution in [-0.4, -0.2) is 55.4 Å². The summed E-state index contributed by atoms with van der Waals surface area (Å²) in [5.74, 6) is 0.00504. The molecule has 110 valence electrons. The van der Waals surface area contributed by atoms with Gasteiger partial charge in [-0.1, -0.05) is 30.3 Å². The number of carbonyl (C=O) groups is 1. The van der Waals surface area contributed by atoms with Crippen LogP contribution >= 0.6 is 12.6 Å². The molecule has 1 aliphatic heterocycles. The fraction of sp³-hybridized carbons (Fsp3) is 0.533. The summed E-state index contributed by atoms with van der Waals surface area (Å²) in [5, 5.41) is 2.66. The van der Waals surface area contributed by atoms with Gasteiger partial charge in [0, 0.05) is 26.2 Å². The van der Waals surface area contributed by atoms with Crippen LogP contribution in [0.5, 0.6) is 0 Å². The normalized spacial score (nSPS) is 17.6. The SMILES string of the molecule is O=C(NCCN1CCOCC1)C(S)Cc1ccccc1. The second-order valence-electron chi connectivity index (χ2n) is 4.95. The van der Waals surface area contributed by atoms with Crippen LogP contribution in [0.2, 0.25) is 0 Å². The van der Waals surface area contributed by atoms with Gasteiger partial charge in [0.25, 0.3) is 0 Å². The highest BCUT2D eigenvalue weighted by Crippen LogP contribution is 2.07. The Balaban J connectivity index is 1.66. The zero-order chi connectivity index (χ0) is 14.2. The van der Waals surface area contributed by atoms with Crippen molar-refractivity contribution in [3.63, 3.8) is 0 Å². The second kappa shape index (κ2) is 8.29. The second-order valence-corrected chi connectivity index (χ2v) is 5.57. The first-order valence-corrected chi connectivity index (χ1v) is 7.57. The van der Waals surface area contributed by atoms with Gasteiger partial charge in [0.15, 0.2) is 0 Å².